The van der Waals surface area contributed by atoms with Gasteiger partial charge in [-0.2, -0.15) is 0 Å². The Morgan fingerprint density at radius 1 is 1.17 bits per heavy atom. The van der Waals surface area contributed by atoms with Crippen LogP contribution in [0.3, 0.4) is 0 Å². The lowest BCUT2D eigenvalue weighted by molar-refractivity contribution is -0.384. The summed E-state index contributed by atoms with van der Waals surface area (Å²) in [7, 11) is 0. The molecule has 2 aliphatic rings. The third-order valence-corrected chi connectivity index (χ3v) is 5.45. The average molecular weight is 410 g/mol. The lowest BCUT2D eigenvalue weighted by Gasteiger charge is -2.31. The number of anilines is 1. The minimum absolute atomic E-state index is 0.0704. The zero-order chi connectivity index (χ0) is 20.9. The van der Waals surface area contributed by atoms with Gasteiger partial charge >= 0.3 is 0 Å². The Kier molecular flexibility index (Phi) is 6.25. The van der Waals surface area contributed by atoms with Crippen molar-refractivity contribution in [3.8, 4) is 0 Å². The first-order chi connectivity index (χ1) is 14.6. The van der Waals surface area contributed by atoms with E-state index in [0.29, 0.717) is 31.5 Å². The van der Waals surface area contributed by atoms with Gasteiger partial charge in [-0.25, -0.2) is 0 Å². The van der Waals surface area contributed by atoms with E-state index < -0.39 is 4.92 Å². The summed E-state index contributed by atoms with van der Waals surface area (Å²) in [6, 6.07) is 14.5. The molecule has 2 aromatic rings. The maximum atomic E-state index is 13.0. The molecule has 1 amide bonds. The molecule has 2 N–H and O–H groups in total. The lowest BCUT2D eigenvalue weighted by Crippen LogP contribution is -2.43. The molecule has 1 heterocycles. The van der Waals surface area contributed by atoms with Gasteiger partial charge < -0.3 is 15.4 Å². The molecule has 0 radical (unpaired) electrons. The summed E-state index contributed by atoms with van der Waals surface area (Å²) in [5.74, 6) is -0.321. The highest BCUT2D eigenvalue weighted by Gasteiger charge is 2.26. The van der Waals surface area contributed by atoms with Crippen LogP contribution in [0.4, 0.5) is 11.4 Å². The first-order valence-electron chi connectivity index (χ1n) is 10.3. The average Bonchev–Trinajstić information content (AvgIpc) is 3.59. The fourth-order valence-corrected chi connectivity index (χ4v) is 3.60. The third-order valence-electron chi connectivity index (χ3n) is 5.45. The number of benzene rings is 2. The van der Waals surface area contributed by atoms with Crippen LogP contribution in [0.5, 0.6) is 0 Å². The fourth-order valence-electron chi connectivity index (χ4n) is 3.60. The maximum absolute atomic E-state index is 13.0. The molecule has 1 atom stereocenters. The van der Waals surface area contributed by atoms with E-state index in [1.807, 2.05) is 30.3 Å². The van der Waals surface area contributed by atoms with E-state index in [1.54, 1.807) is 12.1 Å². The number of nitrogens with one attached hydrogen (secondary N) is 2. The molecule has 1 saturated heterocycles. The Balaban J connectivity index is 1.52. The van der Waals surface area contributed by atoms with Gasteiger partial charge in [-0.1, -0.05) is 30.3 Å². The van der Waals surface area contributed by atoms with Gasteiger partial charge in [0, 0.05) is 37.3 Å². The Labute approximate surface area is 175 Å². The van der Waals surface area contributed by atoms with Crippen LogP contribution in [0.2, 0.25) is 0 Å². The summed E-state index contributed by atoms with van der Waals surface area (Å²) < 4.78 is 5.42. The van der Waals surface area contributed by atoms with Crippen molar-refractivity contribution in [2.45, 2.75) is 24.9 Å². The number of amides is 1. The molecule has 8 nitrogen and oxygen atoms in total. The fraction of sp³-hybridized carbons (Fsp3) is 0.409. The van der Waals surface area contributed by atoms with Crippen LogP contribution >= 0.6 is 0 Å². The zero-order valence-corrected chi connectivity index (χ0v) is 16.8. The highest BCUT2D eigenvalue weighted by atomic mass is 16.6. The number of hydrogen-bond acceptors (Lipinski definition) is 6. The predicted octanol–water partition coefficient (Wildman–Crippen LogP) is 2.97. The van der Waals surface area contributed by atoms with E-state index in [0.717, 1.165) is 31.5 Å². The second-order valence-electron chi connectivity index (χ2n) is 7.76. The number of nitro groups is 1. The van der Waals surface area contributed by atoms with Crippen LogP contribution in [0, 0.1) is 10.1 Å². The van der Waals surface area contributed by atoms with Crippen molar-refractivity contribution in [3.63, 3.8) is 0 Å². The summed E-state index contributed by atoms with van der Waals surface area (Å²) in [4.78, 5) is 26.3. The normalized spacial score (nSPS) is 17.9. The molecule has 1 saturated carbocycles. The first kappa shape index (κ1) is 20.3. The van der Waals surface area contributed by atoms with Crippen LogP contribution < -0.4 is 10.6 Å². The van der Waals surface area contributed by atoms with Gasteiger partial charge in [-0.05, 0) is 30.5 Å². The van der Waals surface area contributed by atoms with Gasteiger partial charge in [0.2, 0.25) is 0 Å². The monoisotopic (exact) mass is 410 g/mol. The number of carbonyl (C=O) groups is 1. The second kappa shape index (κ2) is 9.23. The zero-order valence-electron chi connectivity index (χ0n) is 16.8. The summed E-state index contributed by atoms with van der Waals surface area (Å²) in [5.41, 5.74) is 1.68. The Bertz CT molecular complexity index is 895. The molecule has 1 aliphatic heterocycles. The number of hydrogen-bond donors (Lipinski definition) is 2. The minimum Gasteiger partial charge on any atom is -0.379 e. The first-order valence-corrected chi connectivity index (χ1v) is 10.3. The van der Waals surface area contributed by atoms with E-state index in [-0.39, 0.29) is 23.2 Å². The highest BCUT2D eigenvalue weighted by molar-refractivity contribution is 5.96. The number of nitrogens with zero attached hydrogens (tertiary/aromatic N) is 2. The van der Waals surface area contributed by atoms with Crippen molar-refractivity contribution in [3.05, 3.63) is 69.8 Å². The van der Waals surface area contributed by atoms with Crippen molar-refractivity contribution < 1.29 is 14.5 Å². The molecule has 4 rings (SSSR count). The van der Waals surface area contributed by atoms with Crippen molar-refractivity contribution in [2.24, 2.45) is 0 Å². The highest BCUT2D eigenvalue weighted by Crippen LogP contribution is 2.31. The molecule has 2 fully saturated rings. The molecule has 1 aliphatic carbocycles. The summed E-state index contributed by atoms with van der Waals surface area (Å²) >= 11 is 0. The Hall–Kier alpha value is -2.97. The van der Waals surface area contributed by atoms with Gasteiger partial charge in [-0.15, -0.1) is 0 Å². The van der Waals surface area contributed by atoms with Crippen LogP contribution in [-0.2, 0) is 4.74 Å². The van der Waals surface area contributed by atoms with E-state index in [1.165, 1.54) is 6.07 Å². The molecule has 30 heavy (non-hydrogen) atoms. The Morgan fingerprint density at radius 2 is 1.90 bits per heavy atom. The second-order valence-corrected chi connectivity index (χ2v) is 7.76. The number of nitro benzene ring substituents is 1. The van der Waals surface area contributed by atoms with Crippen molar-refractivity contribution in [2.75, 3.05) is 38.2 Å². The molecule has 8 heteroatoms. The number of rotatable bonds is 8. The predicted molar refractivity (Wildman–Crippen MR) is 114 cm³/mol. The molecule has 0 unspecified atom stereocenters. The van der Waals surface area contributed by atoms with Crippen molar-refractivity contribution in [1.29, 1.82) is 0 Å². The smallest absolute Gasteiger partial charge is 0.293 e. The summed E-state index contributed by atoms with van der Waals surface area (Å²) in [6.07, 6.45) is 2.03. The van der Waals surface area contributed by atoms with Gasteiger partial charge in [0.25, 0.3) is 11.6 Å². The quantitative estimate of drug-likeness (QED) is 0.513. The minimum atomic E-state index is -0.441. The van der Waals surface area contributed by atoms with E-state index >= 15 is 0 Å². The summed E-state index contributed by atoms with van der Waals surface area (Å²) in [5, 5.41) is 17.8. The van der Waals surface area contributed by atoms with Crippen LogP contribution in [-0.4, -0.2) is 54.6 Å². The summed E-state index contributed by atoms with van der Waals surface area (Å²) in [6.45, 7) is 3.63. The van der Waals surface area contributed by atoms with Gasteiger partial charge in [0.05, 0.1) is 24.2 Å². The number of morpholine rings is 1. The molecule has 158 valence electrons. The maximum Gasteiger partial charge on any atom is 0.293 e. The molecule has 2 aromatic carbocycles. The van der Waals surface area contributed by atoms with Crippen LogP contribution in [0.1, 0.15) is 34.8 Å². The molecular formula is C22H26N4O4. The van der Waals surface area contributed by atoms with Gasteiger partial charge in [0.15, 0.2) is 0 Å². The Morgan fingerprint density at radius 3 is 2.57 bits per heavy atom. The molecule has 0 spiro atoms. The van der Waals surface area contributed by atoms with E-state index in [2.05, 4.69) is 15.5 Å². The van der Waals surface area contributed by atoms with Crippen molar-refractivity contribution >= 4 is 17.3 Å². The topological polar surface area (TPSA) is 96.7 Å². The number of carbonyl (C=O) groups excluding carboxylic acids is 1. The largest absolute Gasteiger partial charge is 0.379 e. The lowest BCUT2D eigenvalue weighted by atomic mass is 10.0. The van der Waals surface area contributed by atoms with Crippen LogP contribution in [0.25, 0.3) is 0 Å². The van der Waals surface area contributed by atoms with E-state index in [4.69, 9.17) is 4.74 Å². The van der Waals surface area contributed by atoms with Gasteiger partial charge in [-0.3, -0.25) is 19.8 Å². The molecule has 0 aromatic heterocycles. The van der Waals surface area contributed by atoms with Crippen molar-refractivity contribution in [1.82, 2.24) is 10.2 Å². The molecular weight excluding hydrogens is 384 g/mol. The third kappa shape index (κ3) is 5.14. The molecule has 0 bridgehead atoms. The van der Waals surface area contributed by atoms with E-state index in [9.17, 15) is 14.9 Å². The SMILES string of the molecule is O=C(N[C@H](CN1CCOCC1)c1ccccc1)c1ccc(NC2CC2)c([N+](=O)[O-])c1. The standard InChI is InChI=1S/C22H26N4O4/c27-22(17-6-9-19(23-18-7-8-18)21(14-17)26(28)29)24-20(16-4-2-1-3-5-16)15-25-10-12-30-13-11-25/h1-6,9,14,18,20,23H,7-8,10-13,15H2,(H,24,27)/t20-/m1/s1. The van der Waals surface area contributed by atoms with Crippen LogP contribution in [0.15, 0.2) is 48.5 Å². The number of ether oxygens (including phenoxy) is 1. The van der Waals surface area contributed by atoms with Gasteiger partial charge in [0.1, 0.15) is 5.69 Å².